The number of carbonyl (C=O) groups excluding carboxylic acids is 1. The van der Waals surface area contributed by atoms with Crippen LogP contribution in [-0.4, -0.2) is 24.6 Å². The Labute approximate surface area is 107 Å². The first-order valence-corrected chi connectivity index (χ1v) is 6.51. The molecule has 1 fully saturated rings. The predicted octanol–water partition coefficient (Wildman–Crippen LogP) is 1.23. The fraction of sp³-hybridized carbons (Fsp3) is 0.500. The van der Waals surface area contributed by atoms with Crippen LogP contribution in [0.3, 0.4) is 0 Å². The summed E-state index contributed by atoms with van der Waals surface area (Å²) in [6.07, 6.45) is 4.01. The van der Waals surface area contributed by atoms with Crippen LogP contribution in [0.15, 0.2) is 18.2 Å². The molecule has 3 rings (SSSR count). The van der Waals surface area contributed by atoms with E-state index in [1.54, 1.807) is 0 Å². The Bertz CT molecular complexity index is 475. The van der Waals surface area contributed by atoms with E-state index in [2.05, 4.69) is 5.32 Å². The molecule has 1 aromatic carbocycles. The number of hydrogen-bond donors (Lipinski definition) is 2. The van der Waals surface area contributed by atoms with Crippen molar-refractivity contribution < 1.29 is 9.53 Å². The second-order valence-electron chi connectivity index (χ2n) is 5.21. The molecule has 4 nitrogen and oxygen atoms in total. The number of ether oxygens (including phenoxy) is 1. The molecule has 0 unspecified atom stereocenters. The van der Waals surface area contributed by atoms with Crippen molar-refractivity contribution >= 4 is 5.91 Å². The standard InChI is InChI=1S/C14H18N2O2/c15-9-14(5-1-6-14)16-13(17)11-2-3-12-10(8-11)4-7-18-12/h2-3,8H,1,4-7,9,15H2,(H,16,17). The van der Waals surface area contributed by atoms with Gasteiger partial charge in [0.2, 0.25) is 0 Å². The van der Waals surface area contributed by atoms with Crippen LogP contribution in [0.5, 0.6) is 5.75 Å². The second kappa shape index (κ2) is 4.28. The summed E-state index contributed by atoms with van der Waals surface area (Å²) in [5.41, 5.74) is 7.42. The van der Waals surface area contributed by atoms with Gasteiger partial charge < -0.3 is 15.8 Å². The van der Waals surface area contributed by atoms with Gasteiger partial charge in [-0.2, -0.15) is 0 Å². The van der Waals surface area contributed by atoms with Gasteiger partial charge in [0, 0.05) is 18.5 Å². The Morgan fingerprint density at radius 1 is 1.44 bits per heavy atom. The van der Waals surface area contributed by atoms with E-state index in [0.29, 0.717) is 18.7 Å². The minimum absolute atomic E-state index is 0.0187. The van der Waals surface area contributed by atoms with Crippen molar-refractivity contribution in [2.24, 2.45) is 5.73 Å². The first-order valence-electron chi connectivity index (χ1n) is 6.51. The molecular formula is C14H18N2O2. The molecule has 1 aromatic rings. The molecule has 3 N–H and O–H groups in total. The molecule has 1 heterocycles. The average molecular weight is 246 g/mol. The van der Waals surface area contributed by atoms with Crippen molar-refractivity contribution in [2.75, 3.05) is 13.2 Å². The number of carbonyl (C=O) groups is 1. The summed E-state index contributed by atoms with van der Waals surface area (Å²) in [5, 5.41) is 3.08. The van der Waals surface area contributed by atoms with Gasteiger partial charge in [-0.05, 0) is 43.0 Å². The van der Waals surface area contributed by atoms with E-state index >= 15 is 0 Å². The molecule has 96 valence electrons. The van der Waals surface area contributed by atoms with Crippen LogP contribution in [0.2, 0.25) is 0 Å². The Hall–Kier alpha value is -1.55. The maximum absolute atomic E-state index is 12.2. The lowest BCUT2D eigenvalue weighted by molar-refractivity contribution is 0.0837. The van der Waals surface area contributed by atoms with Gasteiger partial charge in [-0.1, -0.05) is 0 Å². The van der Waals surface area contributed by atoms with Crippen molar-refractivity contribution in [1.82, 2.24) is 5.32 Å². The maximum Gasteiger partial charge on any atom is 0.251 e. The second-order valence-corrected chi connectivity index (χ2v) is 5.21. The van der Waals surface area contributed by atoms with Crippen molar-refractivity contribution in [2.45, 2.75) is 31.2 Å². The minimum atomic E-state index is -0.160. The SMILES string of the molecule is NCC1(NC(=O)c2ccc3c(c2)CCO3)CCC1. The zero-order valence-corrected chi connectivity index (χ0v) is 10.4. The molecule has 0 spiro atoms. The summed E-state index contributed by atoms with van der Waals surface area (Å²) < 4.78 is 5.44. The van der Waals surface area contributed by atoms with Gasteiger partial charge in [-0.25, -0.2) is 0 Å². The van der Waals surface area contributed by atoms with Gasteiger partial charge in [-0.3, -0.25) is 4.79 Å². The van der Waals surface area contributed by atoms with Crippen LogP contribution < -0.4 is 15.8 Å². The number of benzene rings is 1. The average Bonchev–Trinajstić information content (AvgIpc) is 2.80. The lowest BCUT2D eigenvalue weighted by Crippen LogP contribution is -2.58. The van der Waals surface area contributed by atoms with E-state index in [1.807, 2.05) is 18.2 Å². The van der Waals surface area contributed by atoms with Crippen molar-refractivity contribution in [1.29, 1.82) is 0 Å². The van der Waals surface area contributed by atoms with Crippen molar-refractivity contribution in [3.63, 3.8) is 0 Å². The Kier molecular flexibility index (Phi) is 2.74. The van der Waals surface area contributed by atoms with E-state index in [1.165, 1.54) is 0 Å². The van der Waals surface area contributed by atoms with Crippen LogP contribution in [0.25, 0.3) is 0 Å². The molecule has 0 aromatic heterocycles. The smallest absolute Gasteiger partial charge is 0.251 e. The number of amides is 1. The highest BCUT2D eigenvalue weighted by Gasteiger charge is 2.37. The lowest BCUT2D eigenvalue weighted by atomic mass is 9.76. The van der Waals surface area contributed by atoms with E-state index < -0.39 is 0 Å². The predicted molar refractivity (Wildman–Crippen MR) is 68.7 cm³/mol. The fourth-order valence-electron chi connectivity index (χ4n) is 2.62. The Morgan fingerprint density at radius 3 is 2.94 bits per heavy atom. The van der Waals surface area contributed by atoms with E-state index in [9.17, 15) is 4.79 Å². The monoisotopic (exact) mass is 246 g/mol. The first-order chi connectivity index (χ1) is 8.72. The summed E-state index contributed by atoms with van der Waals surface area (Å²) in [5.74, 6) is 0.888. The summed E-state index contributed by atoms with van der Waals surface area (Å²) >= 11 is 0. The lowest BCUT2D eigenvalue weighted by Gasteiger charge is -2.41. The molecule has 18 heavy (non-hydrogen) atoms. The van der Waals surface area contributed by atoms with Crippen LogP contribution >= 0.6 is 0 Å². The number of nitrogens with one attached hydrogen (secondary N) is 1. The number of rotatable bonds is 3. The number of nitrogens with two attached hydrogens (primary N) is 1. The molecule has 1 aliphatic heterocycles. The van der Waals surface area contributed by atoms with Crippen LogP contribution in [0.1, 0.15) is 35.2 Å². The molecule has 0 atom stereocenters. The largest absolute Gasteiger partial charge is 0.493 e. The normalized spacial score (nSPS) is 19.6. The zero-order chi connectivity index (χ0) is 12.6. The molecule has 1 amide bonds. The number of hydrogen-bond acceptors (Lipinski definition) is 3. The molecule has 1 aliphatic carbocycles. The zero-order valence-electron chi connectivity index (χ0n) is 10.4. The maximum atomic E-state index is 12.2. The van der Waals surface area contributed by atoms with Crippen molar-refractivity contribution in [3.05, 3.63) is 29.3 Å². The van der Waals surface area contributed by atoms with Gasteiger partial charge in [0.05, 0.1) is 12.1 Å². The fourth-order valence-corrected chi connectivity index (χ4v) is 2.62. The molecule has 0 saturated heterocycles. The molecule has 1 saturated carbocycles. The van der Waals surface area contributed by atoms with Gasteiger partial charge in [0.15, 0.2) is 0 Å². The summed E-state index contributed by atoms with van der Waals surface area (Å²) in [6, 6.07) is 5.63. The van der Waals surface area contributed by atoms with E-state index in [4.69, 9.17) is 10.5 Å². The Balaban J connectivity index is 1.76. The third-order valence-corrected chi connectivity index (χ3v) is 4.03. The summed E-state index contributed by atoms with van der Waals surface area (Å²) in [6.45, 7) is 1.24. The molecular weight excluding hydrogens is 228 g/mol. The van der Waals surface area contributed by atoms with Crippen LogP contribution in [0.4, 0.5) is 0 Å². The molecule has 2 aliphatic rings. The minimum Gasteiger partial charge on any atom is -0.493 e. The highest BCUT2D eigenvalue weighted by molar-refractivity contribution is 5.95. The first kappa shape index (κ1) is 11.5. The Morgan fingerprint density at radius 2 is 2.28 bits per heavy atom. The topological polar surface area (TPSA) is 64.3 Å². The van der Waals surface area contributed by atoms with E-state index in [0.717, 1.165) is 37.0 Å². The van der Waals surface area contributed by atoms with Crippen LogP contribution in [-0.2, 0) is 6.42 Å². The summed E-state index contributed by atoms with van der Waals surface area (Å²) in [4.78, 5) is 12.2. The number of fused-ring (bicyclic) bond motifs is 1. The highest BCUT2D eigenvalue weighted by Crippen LogP contribution is 2.31. The van der Waals surface area contributed by atoms with Gasteiger partial charge in [0.25, 0.3) is 5.91 Å². The van der Waals surface area contributed by atoms with Crippen molar-refractivity contribution in [3.8, 4) is 5.75 Å². The third-order valence-electron chi connectivity index (χ3n) is 4.03. The van der Waals surface area contributed by atoms with Gasteiger partial charge in [-0.15, -0.1) is 0 Å². The van der Waals surface area contributed by atoms with Gasteiger partial charge in [0.1, 0.15) is 5.75 Å². The molecule has 0 radical (unpaired) electrons. The third kappa shape index (κ3) is 1.86. The quantitative estimate of drug-likeness (QED) is 0.843. The van der Waals surface area contributed by atoms with Gasteiger partial charge >= 0.3 is 0 Å². The molecule has 0 bridgehead atoms. The van der Waals surface area contributed by atoms with Crippen LogP contribution in [0, 0.1) is 0 Å². The van der Waals surface area contributed by atoms with E-state index in [-0.39, 0.29) is 11.4 Å². The molecule has 4 heteroatoms. The summed E-state index contributed by atoms with van der Waals surface area (Å²) in [7, 11) is 0. The highest BCUT2D eigenvalue weighted by atomic mass is 16.5.